The highest BCUT2D eigenvalue weighted by Crippen LogP contribution is 2.34. The van der Waals surface area contributed by atoms with Crippen molar-refractivity contribution in [2.45, 2.75) is 38.5 Å². The number of aromatic nitrogens is 1. The van der Waals surface area contributed by atoms with Crippen molar-refractivity contribution in [1.29, 1.82) is 0 Å². The molecule has 320 valence electrons. The van der Waals surface area contributed by atoms with Crippen LogP contribution < -0.4 is 15.5 Å². The summed E-state index contributed by atoms with van der Waals surface area (Å²) in [6.07, 6.45) is 0.346. The van der Waals surface area contributed by atoms with Crippen LogP contribution in [0.15, 0.2) is 85.1 Å². The van der Waals surface area contributed by atoms with Gasteiger partial charge < -0.3 is 35.0 Å². The molecular weight excluding hydrogens is 774 g/mol. The molecule has 12 nitrogen and oxygen atoms in total. The number of hydrogen-bond acceptors (Lipinski definition) is 8. The highest BCUT2D eigenvalue weighted by atomic mass is 19.4. The summed E-state index contributed by atoms with van der Waals surface area (Å²) in [5.74, 6) is -0.756. The number of methoxy groups -OCH3 is 1. The van der Waals surface area contributed by atoms with Crippen molar-refractivity contribution < 1.29 is 32.3 Å². The number of nitrogens with zero attached hydrogens (tertiary/aromatic N) is 6. The van der Waals surface area contributed by atoms with E-state index in [0.717, 1.165) is 75.5 Å². The minimum atomic E-state index is -4.49. The van der Waals surface area contributed by atoms with Crippen molar-refractivity contribution in [2.75, 3.05) is 96.9 Å². The van der Waals surface area contributed by atoms with Gasteiger partial charge in [0.05, 0.1) is 23.6 Å². The molecular formula is C45H55F3N8O4. The van der Waals surface area contributed by atoms with Crippen molar-refractivity contribution in [2.24, 2.45) is 0 Å². The Morgan fingerprint density at radius 2 is 1.53 bits per heavy atom. The molecule has 0 spiro atoms. The van der Waals surface area contributed by atoms with E-state index in [1.807, 2.05) is 41.3 Å². The van der Waals surface area contributed by atoms with Crippen LogP contribution in [0, 0.1) is 0 Å². The number of benzene rings is 3. The number of hydrogen-bond donors (Lipinski definition) is 2. The van der Waals surface area contributed by atoms with E-state index >= 15 is 0 Å². The molecule has 3 heterocycles. The largest absolute Gasteiger partial charge is 0.416 e. The minimum Gasteiger partial charge on any atom is -0.383 e. The van der Waals surface area contributed by atoms with Crippen LogP contribution in [0.5, 0.6) is 0 Å². The summed E-state index contributed by atoms with van der Waals surface area (Å²) in [5, 5.41) is 5.82. The standard InChI is InChI=1S/C45H55F3N8O4/c1-52(19-20-54-21-23-56(24-22-54)44(59)53(2)25-26-60-3)32-34-10-7-11-35(27-34)43(58)51-40-14-13-38(55-17-5-4-6-18-55)30-39(40)41-29-36(15-16-49-41)42(57)50-31-33-9-8-12-37(28-33)45(46,47)48/h7-16,27-30H,4-6,17-26,31-32H2,1-3H3,(H,50,57)(H,51,58). The third-order valence-electron chi connectivity index (χ3n) is 11.0. The summed E-state index contributed by atoms with van der Waals surface area (Å²) in [6.45, 7) is 8.11. The van der Waals surface area contributed by atoms with Gasteiger partial charge in [0, 0.05) is 115 Å². The molecule has 2 N–H and O–H groups in total. The predicted molar refractivity (Wildman–Crippen MR) is 227 cm³/mol. The maximum absolute atomic E-state index is 13.9. The van der Waals surface area contributed by atoms with E-state index in [9.17, 15) is 27.6 Å². The Morgan fingerprint density at radius 1 is 0.800 bits per heavy atom. The van der Waals surface area contributed by atoms with Gasteiger partial charge in [-0.1, -0.05) is 24.3 Å². The molecule has 0 aliphatic carbocycles. The zero-order chi connectivity index (χ0) is 42.6. The van der Waals surface area contributed by atoms with E-state index in [0.29, 0.717) is 60.9 Å². The molecule has 15 heteroatoms. The van der Waals surface area contributed by atoms with E-state index < -0.39 is 17.6 Å². The van der Waals surface area contributed by atoms with Crippen LogP contribution in [-0.4, -0.2) is 129 Å². The zero-order valence-corrected chi connectivity index (χ0v) is 34.6. The molecule has 3 aromatic carbocycles. The molecule has 0 unspecified atom stereocenters. The fourth-order valence-electron chi connectivity index (χ4n) is 7.50. The van der Waals surface area contributed by atoms with Crippen molar-refractivity contribution >= 4 is 29.2 Å². The molecule has 2 fully saturated rings. The molecule has 2 aliphatic rings. The maximum Gasteiger partial charge on any atom is 0.416 e. The number of anilines is 2. The number of carbonyl (C=O) groups excluding carboxylic acids is 3. The number of carbonyl (C=O) groups is 3. The smallest absolute Gasteiger partial charge is 0.383 e. The van der Waals surface area contributed by atoms with Crippen LogP contribution in [-0.2, 0) is 24.0 Å². The fraction of sp³-hybridized carbons (Fsp3) is 0.422. The van der Waals surface area contributed by atoms with Gasteiger partial charge in [-0.2, -0.15) is 13.2 Å². The van der Waals surface area contributed by atoms with E-state index in [4.69, 9.17) is 4.74 Å². The number of likely N-dealkylation sites (N-methyl/N-ethyl adjacent to an activating group) is 2. The summed E-state index contributed by atoms with van der Waals surface area (Å²) < 4.78 is 44.9. The Hall–Kier alpha value is -5.51. The highest BCUT2D eigenvalue weighted by molar-refractivity contribution is 6.06. The Labute approximate surface area is 350 Å². The highest BCUT2D eigenvalue weighted by Gasteiger charge is 2.30. The summed E-state index contributed by atoms with van der Waals surface area (Å²) in [4.78, 5) is 55.0. The van der Waals surface area contributed by atoms with Crippen molar-refractivity contribution in [1.82, 2.24) is 29.9 Å². The zero-order valence-electron chi connectivity index (χ0n) is 34.6. The quantitative estimate of drug-likeness (QED) is 0.137. The molecule has 4 aromatic rings. The average Bonchev–Trinajstić information content (AvgIpc) is 3.27. The molecule has 2 saturated heterocycles. The molecule has 60 heavy (non-hydrogen) atoms. The number of ether oxygens (including phenoxy) is 1. The van der Waals surface area contributed by atoms with Gasteiger partial charge in [-0.3, -0.25) is 19.5 Å². The molecule has 0 bridgehead atoms. The number of nitrogens with one attached hydrogen (secondary N) is 2. The Morgan fingerprint density at radius 3 is 2.28 bits per heavy atom. The Kier molecular flexibility index (Phi) is 15.2. The number of alkyl halides is 3. The van der Waals surface area contributed by atoms with Gasteiger partial charge in [0.15, 0.2) is 0 Å². The maximum atomic E-state index is 13.9. The van der Waals surface area contributed by atoms with E-state index in [1.54, 1.807) is 37.3 Å². The third-order valence-corrected chi connectivity index (χ3v) is 11.0. The Bertz CT molecular complexity index is 2090. The van der Waals surface area contributed by atoms with Crippen LogP contribution in [0.1, 0.15) is 56.7 Å². The first kappa shape index (κ1) is 44.1. The minimum absolute atomic E-state index is 0.0292. The van der Waals surface area contributed by atoms with Crippen LogP contribution in [0.25, 0.3) is 11.3 Å². The third kappa shape index (κ3) is 12.0. The molecule has 6 rings (SSSR count). The van der Waals surface area contributed by atoms with E-state index in [1.165, 1.54) is 24.8 Å². The van der Waals surface area contributed by atoms with Crippen LogP contribution >= 0.6 is 0 Å². The first-order valence-electron chi connectivity index (χ1n) is 20.5. The van der Waals surface area contributed by atoms with Gasteiger partial charge in [0.1, 0.15) is 0 Å². The summed E-state index contributed by atoms with van der Waals surface area (Å²) >= 11 is 0. The van der Waals surface area contributed by atoms with Gasteiger partial charge in [-0.25, -0.2) is 4.79 Å². The number of halogens is 3. The monoisotopic (exact) mass is 828 g/mol. The van der Waals surface area contributed by atoms with Crippen molar-refractivity contribution in [3.8, 4) is 11.3 Å². The second-order valence-corrected chi connectivity index (χ2v) is 15.5. The van der Waals surface area contributed by atoms with Gasteiger partial charge in [-0.15, -0.1) is 0 Å². The first-order chi connectivity index (χ1) is 28.9. The molecule has 0 atom stereocenters. The van der Waals surface area contributed by atoms with E-state index in [2.05, 4.69) is 37.4 Å². The van der Waals surface area contributed by atoms with Gasteiger partial charge >= 0.3 is 12.2 Å². The van der Waals surface area contributed by atoms with Crippen LogP contribution in [0.3, 0.4) is 0 Å². The topological polar surface area (TPSA) is 114 Å². The van der Waals surface area contributed by atoms with E-state index in [-0.39, 0.29) is 24.0 Å². The SMILES string of the molecule is COCCN(C)C(=O)N1CCN(CCN(C)Cc2cccc(C(=O)Nc3ccc(N4CCCCC4)cc3-c3cc(C(=O)NCc4cccc(C(F)(F)F)c4)ccn3)c2)CC1. The van der Waals surface area contributed by atoms with Crippen LogP contribution in [0.2, 0.25) is 0 Å². The number of pyridine rings is 1. The molecule has 2 aliphatic heterocycles. The lowest BCUT2D eigenvalue weighted by atomic mass is 10.0. The van der Waals surface area contributed by atoms with Crippen molar-refractivity contribution in [3.05, 3.63) is 113 Å². The molecule has 4 amide bonds. The van der Waals surface area contributed by atoms with Crippen molar-refractivity contribution in [3.63, 3.8) is 0 Å². The number of amides is 4. The number of rotatable bonds is 15. The van der Waals surface area contributed by atoms with Crippen LogP contribution in [0.4, 0.5) is 29.3 Å². The summed E-state index contributed by atoms with van der Waals surface area (Å²) in [7, 11) is 5.48. The molecule has 0 saturated carbocycles. The summed E-state index contributed by atoms with van der Waals surface area (Å²) in [6, 6.07) is 21.5. The van der Waals surface area contributed by atoms with Gasteiger partial charge in [-0.05, 0) is 92.0 Å². The number of piperidine rings is 1. The second-order valence-electron chi connectivity index (χ2n) is 15.5. The predicted octanol–water partition coefficient (Wildman–Crippen LogP) is 6.69. The number of urea groups is 1. The lowest BCUT2D eigenvalue weighted by molar-refractivity contribution is -0.137. The Balaban J connectivity index is 1.10. The van der Waals surface area contributed by atoms with Gasteiger partial charge in [0.2, 0.25) is 0 Å². The lowest BCUT2D eigenvalue weighted by Gasteiger charge is -2.37. The number of piperazine rings is 1. The summed E-state index contributed by atoms with van der Waals surface area (Å²) in [5.41, 5.74) is 3.93. The molecule has 0 radical (unpaired) electrons. The second kappa shape index (κ2) is 20.6. The fourth-order valence-corrected chi connectivity index (χ4v) is 7.50. The normalized spacial score (nSPS) is 14.9. The lowest BCUT2D eigenvalue weighted by Crippen LogP contribution is -2.53. The van der Waals surface area contributed by atoms with Gasteiger partial charge in [0.25, 0.3) is 11.8 Å². The first-order valence-corrected chi connectivity index (χ1v) is 20.5. The average molecular weight is 829 g/mol. The molecule has 1 aromatic heterocycles.